The van der Waals surface area contributed by atoms with E-state index in [4.69, 9.17) is 4.74 Å². The van der Waals surface area contributed by atoms with Gasteiger partial charge in [0.15, 0.2) is 0 Å². The second-order valence-electron chi connectivity index (χ2n) is 7.92. The molecule has 0 amide bonds. The van der Waals surface area contributed by atoms with Crippen LogP contribution in [0, 0.1) is 5.92 Å². The van der Waals surface area contributed by atoms with Crippen molar-refractivity contribution in [1.29, 1.82) is 0 Å². The zero-order valence-electron chi connectivity index (χ0n) is 16.7. The molecule has 4 rings (SSSR count). The normalized spacial score (nSPS) is 15.5. The molecule has 0 aliphatic heterocycles. The number of H-pyrrole nitrogens is 1. The van der Waals surface area contributed by atoms with E-state index < -0.39 is 0 Å². The first-order valence-corrected chi connectivity index (χ1v) is 10.6. The standard InChI is InChI=1S/C25H29NO2/c1-2-28-25(27)22-17-23(21-14-13-19-11-7-8-12-20(19)16-21)26-24(22)15-18-9-5-3-4-6-10-18/h7-8,11-14,16-18,26H,2-6,9-10,15H2,1H3. The first kappa shape index (κ1) is 18.8. The molecule has 146 valence electrons. The van der Waals surface area contributed by atoms with Crippen molar-refractivity contribution >= 4 is 16.7 Å². The Morgan fingerprint density at radius 1 is 1.00 bits per heavy atom. The minimum atomic E-state index is -0.214. The summed E-state index contributed by atoms with van der Waals surface area (Å²) in [5.41, 5.74) is 3.84. The Hall–Kier alpha value is -2.55. The molecule has 2 aromatic carbocycles. The summed E-state index contributed by atoms with van der Waals surface area (Å²) in [6, 6.07) is 16.8. The third-order valence-electron chi connectivity index (χ3n) is 5.92. The number of aromatic amines is 1. The lowest BCUT2D eigenvalue weighted by Gasteiger charge is -2.14. The van der Waals surface area contributed by atoms with Gasteiger partial charge < -0.3 is 9.72 Å². The zero-order chi connectivity index (χ0) is 19.3. The van der Waals surface area contributed by atoms with Crippen molar-refractivity contribution in [1.82, 2.24) is 4.98 Å². The average molecular weight is 376 g/mol. The van der Waals surface area contributed by atoms with Crippen molar-refractivity contribution in [3.05, 3.63) is 59.8 Å². The first-order chi connectivity index (χ1) is 13.7. The number of benzene rings is 2. The molecule has 1 heterocycles. The summed E-state index contributed by atoms with van der Waals surface area (Å²) in [7, 11) is 0. The summed E-state index contributed by atoms with van der Waals surface area (Å²) in [5, 5.41) is 2.43. The van der Waals surface area contributed by atoms with E-state index in [9.17, 15) is 4.79 Å². The van der Waals surface area contributed by atoms with E-state index in [1.165, 1.54) is 49.3 Å². The maximum absolute atomic E-state index is 12.6. The van der Waals surface area contributed by atoms with Crippen LogP contribution in [0.5, 0.6) is 0 Å². The highest BCUT2D eigenvalue weighted by Crippen LogP contribution is 2.30. The van der Waals surface area contributed by atoms with Gasteiger partial charge in [-0.2, -0.15) is 0 Å². The number of aromatic nitrogens is 1. The van der Waals surface area contributed by atoms with Crippen LogP contribution in [0.15, 0.2) is 48.5 Å². The van der Waals surface area contributed by atoms with Crippen LogP contribution >= 0.6 is 0 Å². The predicted octanol–water partition coefficient (Wildman–Crippen LogP) is 6.52. The molecule has 3 aromatic rings. The lowest BCUT2D eigenvalue weighted by atomic mass is 9.94. The summed E-state index contributed by atoms with van der Waals surface area (Å²) in [4.78, 5) is 16.2. The number of carbonyl (C=O) groups excluding carboxylic acids is 1. The molecule has 0 radical (unpaired) electrons. The quantitative estimate of drug-likeness (QED) is 0.407. The van der Waals surface area contributed by atoms with Gasteiger partial charge >= 0.3 is 5.97 Å². The van der Waals surface area contributed by atoms with Gasteiger partial charge in [0.1, 0.15) is 0 Å². The predicted molar refractivity (Wildman–Crippen MR) is 115 cm³/mol. The van der Waals surface area contributed by atoms with E-state index >= 15 is 0 Å². The molecule has 1 aliphatic rings. The van der Waals surface area contributed by atoms with Gasteiger partial charge in [-0.3, -0.25) is 0 Å². The van der Waals surface area contributed by atoms with E-state index in [0.29, 0.717) is 18.1 Å². The van der Waals surface area contributed by atoms with Gasteiger partial charge in [0.05, 0.1) is 12.2 Å². The van der Waals surface area contributed by atoms with Crippen molar-refractivity contribution in [2.45, 2.75) is 51.9 Å². The van der Waals surface area contributed by atoms with Gasteiger partial charge in [0, 0.05) is 11.4 Å². The first-order valence-electron chi connectivity index (χ1n) is 10.6. The third-order valence-corrected chi connectivity index (χ3v) is 5.92. The lowest BCUT2D eigenvalue weighted by molar-refractivity contribution is 0.0525. The molecular formula is C25H29NO2. The van der Waals surface area contributed by atoms with Gasteiger partial charge in [-0.25, -0.2) is 4.79 Å². The van der Waals surface area contributed by atoms with Crippen LogP contribution in [0.3, 0.4) is 0 Å². The highest BCUT2D eigenvalue weighted by molar-refractivity contribution is 5.93. The van der Waals surface area contributed by atoms with E-state index in [1.54, 1.807) is 0 Å². The van der Waals surface area contributed by atoms with Crippen molar-refractivity contribution < 1.29 is 9.53 Å². The fourth-order valence-electron chi connectivity index (χ4n) is 4.42. The SMILES string of the molecule is CCOC(=O)c1cc(-c2ccc3ccccc3c2)[nH]c1CC1CCCCCC1. The van der Waals surface area contributed by atoms with Gasteiger partial charge in [0.25, 0.3) is 0 Å². The second kappa shape index (κ2) is 8.64. The molecule has 0 unspecified atom stereocenters. The fourth-order valence-corrected chi connectivity index (χ4v) is 4.42. The summed E-state index contributed by atoms with van der Waals surface area (Å²) in [6.45, 7) is 2.26. The highest BCUT2D eigenvalue weighted by Gasteiger charge is 2.21. The molecule has 0 saturated heterocycles. The van der Waals surface area contributed by atoms with Gasteiger partial charge in [-0.1, -0.05) is 74.9 Å². The number of nitrogens with one attached hydrogen (secondary N) is 1. The Labute approximate surface area is 167 Å². The minimum absolute atomic E-state index is 0.214. The third kappa shape index (κ3) is 4.14. The second-order valence-corrected chi connectivity index (χ2v) is 7.92. The molecule has 1 aliphatic carbocycles. The summed E-state index contributed by atoms with van der Waals surface area (Å²) < 4.78 is 5.34. The number of hydrogen-bond donors (Lipinski definition) is 1. The summed E-state index contributed by atoms with van der Waals surface area (Å²) >= 11 is 0. The Morgan fingerprint density at radius 3 is 2.50 bits per heavy atom. The molecule has 1 fully saturated rings. The Kier molecular flexibility index (Phi) is 5.80. The number of ether oxygens (including phenoxy) is 1. The molecule has 1 saturated carbocycles. The Balaban J connectivity index is 1.67. The van der Waals surface area contributed by atoms with E-state index in [1.807, 2.05) is 13.0 Å². The van der Waals surface area contributed by atoms with Crippen LogP contribution in [-0.4, -0.2) is 17.6 Å². The molecule has 1 N–H and O–H groups in total. The average Bonchev–Trinajstić information content (AvgIpc) is 2.96. The van der Waals surface area contributed by atoms with Crippen molar-refractivity contribution in [3.8, 4) is 11.3 Å². The van der Waals surface area contributed by atoms with Gasteiger partial charge in [-0.05, 0) is 47.7 Å². The van der Waals surface area contributed by atoms with E-state index in [0.717, 1.165) is 23.4 Å². The van der Waals surface area contributed by atoms with E-state index in [-0.39, 0.29) is 5.97 Å². The van der Waals surface area contributed by atoms with Crippen LogP contribution in [0.1, 0.15) is 61.5 Å². The number of hydrogen-bond acceptors (Lipinski definition) is 2. The van der Waals surface area contributed by atoms with Crippen LogP contribution in [0.2, 0.25) is 0 Å². The van der Waals surface area contributed by atoms with Gasteiger partial charge in [-0.15, -0.1) is 0 Å². The van der Waals surface area contributed by atoms with E-state index in [2.05, 4.69) is 47.4 Å². The molecule has 0 bridgehead atoms. The number of fused-ring (bicyclic) bond motifs is 1. The topological polar surface area (TPSA) is 42.1 Å². The Morgan fingerprint density at radius 2 is 1.75 bits per heavy atom. The molecule has 3 nitrogen and oxygen atoms in total. The number of esters is 1. The maximum atomic E-state index is 12.6. The summed E-state index contributed by atoms with van der Waals surface area (Å²) in [5.74, 6) is 0.438. The van der Waals surface area contributed by atoms with Crippen molar-refractivity contribution in [2.75, 3.05) is 6.61 Å². The molecule has 28 heavy (non-hydrogen) atoms. The minimum Gasteiger partial charge on any atom is -0.462 e. The molecule has 1 aromatic heterocycles. The van der Waals surface area contributed by atoms with Crippen LogP contribution < -0.4 is 0 Å². The largest absolute Gasteiger partial charge is 0.462 e. The smallest absolute Gasteiger partial charge is 0.339 e. The molecular weight excluding hydrogens is 346 g/mol. The van der Waals surface area contributed by atoms with Crippen molar-refractivity contribution in [3.63, 3.8) is 0 Å². The zero-order valence-corrected chi connectivity index (χ0v) is 16.7. The number of carbonyl (C=O) groups is 1. The highest BCUT2D eigenvalue weighted by atomic mass is 16.5. The summed E-state index contributed by atoms with van der Waals surface area (Å²) in [6.07, 6.45) is 8.73. The monoisotopic (exact) mass is 375 g/mol. The van der Waals surface area contributed by atoms with Crippen LogP contribution in [-0.2, 0) is 11.2 Å². The van der Waals surface area contributed by atoms with Crippen molar-refractivity contribution in [2.24, 2.45) is 5.92 Å². The van der Waals surface area contributed by atoms with Crippen LogP contribution in [0.25, 0.3) is 22.0 Å². The fraction of sp³-hybridized carbons (Fsp3) is 0.400. The lowest BCUT2D eigenvalue weighted by Crippen LogP contribution is -2.10. The molecule has 0 spiro atoms. The maximum Gasteiger partial charge on any atom is 0.339 e. The van der Waals surface area contributed by atoms with Crippen LogP contribution in [0.4, 0.5) is 0 Å². The van der Waals surface area contributed by atoms with Gasteiger partial charge in [0.2, 0.25) is 0 Å². The molecule has 0 atom stereocenters. The molecule has 3 heteroatoms. The number of rotatable bonds is 5. The Bertz CT molecular complexity index is 948.